The SMILES string of the molecule is CCC(=O)Nc1nc(N)nc2ccc3c(c12)C=CC3. The van der Waals surface area contributed by atoms with Gasteiger partial charge in [-0.05, 0) is 23.6 Å². The molecule has 1 heterocycles. The van der Waals surface area contributed by atoms with Crippen LogP contribution in [0.25, 0.3) is 17.0 Å². The fourth-order valence-electron chi connectivity index (χ4n) is 2.30. The van der Waals surface area contributed by atoms with Crippen molar-refractivity contribution in [2.75, 3.05) is 11.1 Å². The van der Waals surface area contributed by atoms with E-state index in [4.69, 9.17) is 5.73 Å². The molecule has 19 heavy (non-hydrogen) atoms. The molecule has 1 amide bonds. The van der Waals surface area contributed by atoms with E-state index >= 15 is 0 Å². The quantitative estimate of drug-likeness (QED) is 0.860. The summed E-state index contributed by atoms with van der Waals surface area (Å²) in [6.07, 6.45) is 5.43. The molecule has 3 rings (SSSR count). The fraction of sp³-hybridized carbons (Fsp3) is 0.214. The Morgan fingerprint density at radius 3 is 3.05 bits per heavy atom. The Morgan fingerprint density at radius 1 is 1.42 bits per heavy atom. The van der Waals surface area contributed by atoms with Crippen LogP contribution >= 0.6 is 0 Å². The van der Waals surface area contributed by atoms with Gasteiger partial charge in [-0.25, -0.2) is 4.98 Å². The second-order valence-electron chi connectivity index (χ2n) is 4.47. The van der Waals surface area contributed by atoms with Crippen LogP contribution < -0.4 is 11.1 Å². The maximum atomic E-state index is 11.6. The second kappa shape index (κ2) is 4.35. The molecule has 0 saturated carbocycles. The normalized spacial score (nSPS) is 12.7. The van der Waals surface area contributed by atoms with Crippen LogP contribution in [0.4, 0.5) is 11.8 Å². The van der Waals surface area contributed by atoms with Gasteiger partial charge in [0.05, 0.1) is 10.9 Å². The Bertz CT molecular complexity index is 706. The Hall–Kier alpha value is -2.43. The Balaban J connectivity index is 2.27. The van der Waals surface area contributed by atoms with Crippen LogP contribution in [-0.2, 0) is 11.2 Å². The highest BCUT2D eigenvalue weighted by atomic mass is 16.1. The molecular formula is C14H14N4O. The van der Waals surface area contributed by atoms with E-state index in [1.54, 1.807) is 6.92 Å². The zero-order valence-electron chi connectivity index (χ0n) is 10.6. The number of hydrogen-bond acceptors (Lipinski definition) is 4. The van der Waals surface area contributed by atoms with E-state index in [0.29, 0.717) is 12.2 Å². The number of nitrogens with one attached hydrogen (secondary N) is 1. The molecule has 0 unspecified atom stereocenters. The van der Waals surface area contributed by atoms with Crippen molar-refractivity contribution < 1.29 is 4.79 Å². The van der Waals surface area contributed by atoms with Crippen molar-refractivity contribution in [1.82, 2.24) is 9.97 Å². The Kier molecular flexibility index (Phi) is 2.67. The number of amides is 1. The first-order chi connectivity index (χ1) is 9.19. The topological polar surface area (TPSA) is 80.9 Å². The third-order valence-electron chi connectivity index (χ3n) is 3.21. The lowest BCUT2D eigenvalue weighted by Crippen LogP contribution is -2.13. The first-order valence-electron chi connectivity index (χ1n) is 6.24. The van der Waals surface area contributed by atoms with Crippen LogP contribution in [0.2, 0.25) is 0 Å². The number of benzene rings is 1. The van der Waals surface area contributed by atoms with Gasteiger partial charge in [0.2, 0.25) is 11.9 Å². The number of hydrogen-bond donors (Lipinski definition) is 2. The molecule has 0 fully saturated rings. The average molecular weight is 254 g/mol. The van der Waals surface area contributed by atoms with Gasteiger partial charge in [0.25, 0.3) is 0 Å². The smallest absolute Gasteiger partial charge is 0.225 e. The minimum Gasteiger partial charge on any atom is -0.368 e. The zero-order valence-corrected chi connectivity index (χ0v) is 10.6. The van der Waals surface area contributed by atoms with Gasteiger partial charge < -0.3 is 11.1 Å². The highest BCUT2D eigenvalue weighted by Crippen LogP contribution is 2.32. The molecule has 1 aliphatic rings. The van der Waals surface area contributed by atoms with Gasteiger partial charge in [0, 0.05) is 6.42 Å². The lowest BCUT2D eigenvalue weighted by atomic mass is 10.0. The van der Waals surface area contributed by atoms with Crippen LogP contribution in [0, 0.1) is 0 Å². The molecule has 1 aromatic heterocycles. The summed E-state index contributed by atoms with van der Waals surface area (Å²) in [5, 5.41) is 3.66. The van der Waals surface area contributed by atoms with Gasteiger partial charge >= 0.3 is 0 Å². The summed E-state index contributed by atoms with van der Waals surface area (Å²) < 4.78 is 0. The molecule has 0 atom stereocenters. The van der Waals surface area contributed by atoms with Crippen LogP contribution in [0.5, 0.6) is 0 Å². The molecular weight excluding hydrogens is 240 g/mol. The predicted molar refractivity (Wildman–Crippen MR) is 75.6 cm³/mol. The summed E-state index contributed by atoms with van der Waals surface area (Å²) in [6.45, 7) is 1.80. The average Bonchev–Trinajstić information content (AvgIpc) is 2.86. The van der Waals surface area contributed by atoms with Gasteiger partial charge in [-0.3, -0.25) is 4.79 Å². The molecule has 1 aromatic carbocycles. The third-order valence-corrected chi connectivity index (χ3v) is 3.21. The minimum absolute atomic E-state index is 0.0843. The number of fused-ring (bicyclic) bond motifs is 3. The monoisotopic (exact) mass is 254 g/mol. The van der Waals surface area contributed by atoms with Gasteiger partial charge in [0.1, 0.15) is 5.82 Å². The lowest BCUT2D eigenvalue weighted by Gasteiger charge is -2.11. The van der Waals surface area contributed by atoms with Crippen molar-refractivity contribution in [1.29, 1.82) is 0 Å². The highest BCUT2D eigenvalue weighted by Gasteiger charge is 2.16. The zero-order chi connectivity index (χ0) is 13.4. The first-order valence-corrected chi connectivity index (χ1v) is 6.24. The summed E-state index contributed by atoms with van der Waals surface area (Å²) in [7, 11) is 0. The fourth-order valence-corrected chi connectivity index (χ4v) is 2.30. The van der Waals surface area contributed by atoms with Crippen molar-refractivity contribution in [2.24, 2.45) is 0 Å². The predicted octanol–water partition coefficient (Wildman–Crippen LogP) is 2.13. The molecule has 2 aromatic rings. The van der Waals surface area contributed by atoms with E-state index in [9.17, 15) is 4.79 Å². The van der Waals surface area contributed by atoms with Crippen molar-refractivity contribution in [3.8, 4) is 0 Å². The molecule has 96 valence electrons. The number of nitrogens with two attached hydrogens (primary N) is 1. The number of aromatic nitrogens is 2. The number of carbonyl (C=O) groups is 1. The molecule has 0 spiro atoms. The molecule has 0 radical (unpaired) electrons. The van der Waals surface area contributed by atoms with Gasteiger partial charge in [-0.15, -0.1) is 0 Å². The highest BCUT2D eigenvalue weighted by molar-refractivity contribution is 6.04. The lowest BCUT2D eigenvalue weighted by molar-refractivity contribution is -0.115. The van der Waals surface area contributed by atoms with E-state index in [-0.39, 0.29) is 11.9 Å². The number of rotatable bonds is 2. The van der Waals surface area contributed by atoms with E-state index in [0.717, 1.165) is 22.9 Å². The third kappa shape index (κ3) is 1.93. The van der Waals surface area contributed by atoms with Crippen LogP contribution in [0.3, 0.4) is 0 Å². The maximum Gasteiger partial charge on any atom is 0.225 e. The van der Waals surface area contributed by atoms with E-state index < -0.39 is 0 Å². The number of nitrogen functional groups attached to an aromatic ring is 1. The molecule has 5 nitrogen and oxygen atoms in total. The summed E-state index contributed by atoms with van der Waals surface area (Å²) in [6, 6.07) is 3.95. The van der Waals surface area contributed by atoms with Crippen molar-refractivity contribution >= 4 is 34.7 Å². The van der Waals surface area contributed by atoms with E-state index in [2.05, 4.69) is 21.4 Å². The van der Waals surface area contributed by atoms with E-state index in [1.807, 2.05) is 18.2 Å². The summed E-state index contributed by atoms with van der Waals surface area (Å²) in [5.41, 5.74) is 8.74. The molecule has 1 aliphatic carbocycles. The molecule has 0 bridgehead atoms. The van der Waals surface area contributed by atoms with E-state index in [1.165, 1.54) is 5.56 Å². The summed E-state index contributed by atoms with van der Waals surface area (Å²) >= 11 is 0. The largest absolute Gasteiger partial charge is 0.368 e. The molecule has 3 N–H and O–H groups in total. The van der Waals surface area contributed by atoms with Crippen LogP contribution in [0.15, 0.2) is 18.2 Å². The van der Waals surface area contributed by atoms with Crippen LogP contribution in [0.1, 0.15) is 24.5 Å². The number of anilines is 2. The summed E-state index contributed by atoms with van der Waals surface area (Å²) in [5.74, 6) is 0.581. The van der Waals surface area contributed by atoms with Gasteiger partial charge in [-0.1, -0.05) is 25.1 Å². The van der Waals surface area contributed by atoms with Crippen LogP contribution in [-0.4, -0.2) is 15.9 Å². The van der Waals surface area contributed by atoms with Crippen molar-refractivity contribution in [3.05, 3.63) is 29.3 Å². The standard InChI is InChI=1S/C14H14N4O/c1-2-11(19)17-13-12-9-5-3-4-8(9)6-7-10(12)16-14(15)18-13/h3,5-7H,2,4H2,1H3,(H3,15,16,17,18,19). The minimum atomic E-state index is -0.0843. The van der Waals surface area contributed by atoms with Gasteiger partial charge in [0.15, 0.2) is 0 Å². The maximum absolute atomic E-state index is 11.6. The number of carbonyl (C=O) groups excluding carboxylic acids is 1. The number of allylic oxidation sites excluding steroid dienone is 1. The Labute approximate surface area is 110 Å². The van der Waals surface area contributed by atoms with Crippen molar-refractivity contribution in [3.63, 3.8) is 0 Å². The number of nitrogens with zero attached hydrogens (tertiary/aromatic N) is 2. The summed E-state index contributed by atoms with van der Waals surface area (Å²) in [4.78, 5) is 20.0. The van der Waals surface area contributed by atoms with Gasteiger partial charge in [-0.2, -0.15) is 4.98 Å². The second-order valence-corrected chi connectivity index (χ2v) is 4.47. The molecule has 0 aliphatic heterocycles. The molecule has 5 heteroatoms. The molecule has 0 saturated heterocycles. The Morgan fingerprint density at radius 2 is 2.26 bits per heavy atom. The first kappa shape index (κ1) is 11.6. The van der Waals surface area contributed by atoms with Crippen molar-refractivity contribution in [2.45, 2.75) is 19.8 Å².